The monoisotopic (exact) mass is 166 g/mol. The Bertz CT molecular complexity index is 404. The number of nitrogens with two attached hydrogens (primary N) is 2. The molecule has 0 saturated heterocycles. The minimum absolute atomic E-state index is 0.279. The fourth-order valence-electron chi connectivity index (χ4n) is 0.852. The molecule has 8 nitrogen and oxygen atoms in total. The number of anilines is 1. The van der Waals surface area contributed by atoms with Crippen LogP contribution in [0.15, 0.2) is 6.33 Å². The molecule has 0 radical (unpaired) electrons. The SMILES string of the molecule is NNn1nnc2c(N)ncnc21. The largest absolute Gasteiger partial charge is 0.382 e. The molecular formula is C4H6N8. The van der Waals surface area contributed by atoms with Crippen molar-refractivity contribution in [3.8, 4) is 0 Å². The van der Waals surface area contributed by atoms with E-state index in [1.54, 1.807) is 0 Å². The highest BCUT2D eigenvalue weighted by molar-refractivity contribution is 5.80. The van der Waals surface area contributed by atoms with E-state index in [4.69, 9.17) is 11.6 Å². The molecule has 0 aromatic carbocycles. The maximum absolute atomic E-state index is 5.49. The molecule has 0 aliphatic carbocycles. The van der Waals surface area contributed by atoms with Gasteiger partial charge in [-0.3, -0.25) is 0 Å². The molecule has 2 rings (SSSR count). The van der Waals surface area contributed by atoms with Crippen molar-refractivity contribution in [1.29, 1.82) is 0 Å². The zero-order valence-corrected chi connectivity index (χ0v) is 5.97. The molecule has 0 aliphatic rings. The predicted octanol–water partition coefficient (Wildman–Crippen LogP) is -1.78. The van der Waals surface area contributed by atoms with E-state index in [0.717, 1.165) is 0 Å². The van der Waals surface area contributed by atoms with Crippen molar-refractivity contribution in [3.05, 3.63) is 6.33 Å². The van der Waals surface area contributed by atoms with Crippen LogP contribution in [0.25, 0.3) is 11.2 Å². The lowest BCUT2D eigenvalue weighted by molar-refractivity contribution is 0.720. The van der Waals surface area contributed by atoms with Crippen molar-refractivity contribution in [2.24, 2.45) is 5.84 Å². The average Bonchev–Trinajstić information content (AvgIpc) is 2.49. The first-order valence-corrected chi connectivity index (χ1v) is 3.11. The van der Waals surface area contributed by atoms with Gasteiger partial charge in [0.1, 0.15) is 6.33 Å². The molecule has 0 unspecified atom stereocenters. The Kier molecular flexibility index (Phi) is 1.27. The van der Waals surface area contributed by atoms with Gasteiger partial charge in [-0.2, -0.15) is 0 Å². The summed E-state index contributed by atoms with van der Waals surface area (Å²) in [6.07, 6.45) is 1.31. The van der Waals surface area contributed by atoms with Crippen LogP contribution in [0.5, 0.6) is 0 Å². The molecular weight excluding hydrogens is 160 g/mol. The number of hydrazine groups is 1. The van der Waals surface area contributed by atoms with Crippen LogP contribution in [-0.2, 0) is 0 Å². The third kappa shape index (κ3) is 0.751. The Morgan fingerprint density at radius 3 is 3.00 bits per heavy atom. The van der Waals surface area contributed by atoms with E-state index >= 15 is 0 Å². The molecule has 2 heterocycles. The fraction of sp³-hybridized carbons (Fsp3) is 0. The topological polar surface area (TPSA) is 121 Å². The molecule has 0 bridgehead atoms. The fourth-order valence-corrected chi connectivity index (χ4v) is 0.852. The molecule has 0 saturated carbocycles. The van der Waals surface area contributed by atoms with Gasteiger partial charge in [0, 0.05) is 0 Å². The number of nitrogen functional groups attached to an aromatic ring is 2. The van der Waals surface area contributed by atoms with Gasteiger partial charge in [-0.1, -0.05) is 0 Å². The number of nitrogens with zero attached hydrogens (tertiary/aromatic N) is 5. The second kappa shape index (κ2) is 2.27. The predicted molar refractivity (Wildman–Crippen MR) is 41.1 cm³/mol. The maximum Gasteiger partial charge on any atom is 0.208 e. The second-order valence-electron chi connectivity index (χ2n) is 2.06. The van der Waals surface area contributed by atoms with E-state index in [2.05, 4.69) is 25.8 Å². The van der Waals surface area contributed by atoms with Crippen LogP contribution in [0.4, 0.5) is 5.82 Å². The summed E-state index contributed by atoms with van der Waals surface area (Å²) < 4.78 is 0. The quantitative estimate of drug-likeness (QED) is 0.338. The average molecular weight is 166 g/mol. The molecule has 2 aromatic rings. The Balaban J connectivity index is 2.80. The van der Waals surface area contributed by atoms with Crippen LogP contribution in [0.3, 0.4) is 0 Å². The van der Waals surface area contributed by atoms with Gasteiger partial charge in [0.25, 0.3) is 0 Å². The van der Waals surface area contributed by atoms with Gasteiger partial charge in [0.2, 0.25) is 5.65 Å². The van der Waals surface area contributed by atoms with E-state index < -0.39 is 0 Å². The van der Waals surface area contributed by atoms with Gasteiger partial charge in [0.15, 0.2) is 11.3 Å². The lowest BCUT2D eigenvalue weighted by atomic mass is 10.5. The minimum Gasteiger partial charge on any atom is -0.382 e. The molecule has 8 heteroatoms. The van der Waals surface area contributed by atoms with E-state index in [-0.39, 0.29) is 5.82 Å². The smallest absolute Gasteiger partial charge is 0.208 e. The maximum atomic E-state index is 5.49. The lowest BCUT2D eigenvalue weighted by Gasteiger charge is -1.96. The van der Waals surface area contributed by atoms with Crippen molar-refractivity contribution in [3.63, 3.8) is 0 Å². The lowest BCUT2D eigenvalue weighted by Crippen LogP contribution is -2.23. The van der Waals surface area contributed by atoms with Crippen molar-refractivity contribution in [2.75, 3.05) is 11.3 Å². The second-order valence-corrected chi connectivity index (χ2v) is 2.06. The highest BCUT2D eigenvalue weighted by Crippen LogP contribution is 2.09. The molecule has 0 aliphatic heterocycles. The minimum atomic E-state index is 0.279. The van der Waals surface area contributed by atoms with E-state index in [0.29, 0.717) is 11.2 Å². The first-order chi connectivity index (χ1) is 5.83. The van der Waals surface area contributed by atoms with Crippen LogP contribution in [0.2, 0.25) is 0 Å². The van der Waals surface area contributed by atoms with Gasteiger partial charge < -0.3 is 5.73 Å². The number of aromatic nitrogens is 5. The Morgan fingerprint density at radius 1 is 1.42 bits per heavy atom. The summed E-state index contributed by atoms with van der Waals surface area (Å²) in [6, 6.07) is 0. The zero-order chi connectivity index (χ0) is 8.55. The molecule has 0 atom stereocenters. The van der Waals surface area contributed by atoms with Crippen LogP contribution in [0.1, 0.15) is 0 Å². The van der Waals surface area contributed by atoms with Crippen molar-refractivity contribution in [1.82, 2.24) is 25.1 Å². The summed E-state index contributed by atoms with van der Waals surface area (Å²) in [5.41, 5.74) is 8.64. The molecule has 62 valence electrons. The highest BCUT2D eigenvalue weighted by atomic mass is 15.7. The molecule has 0 amide bonds. The Hall–Kier alpha value is -1.96. The number of hydrogen-bond donors (Lipinski definition) is 3. The van der Waals surface area contributed by atoms with Crippen molar-refractivity contribution >= 4 is 17.0 Å². The summed E-state index contributed by atoms with van der Waals surface area (Å²) in [4.78, 5) is 8.82. The number of rotatable bonds is 1. The summed E-state index contributed by atoms with van der Waals surface area (Å²) in [5, 5.41) is 7.33. The molecule has 12 heavy (non-hydrogen) atoms. The van der Waals surface area contributed by atoms with Crippen LogP contribution >= 0.6 is 0 Å². The Morgan fingerprint density at radius 2 is 2.25 bits per heavy atom. The number of nitrogens with one attached hydrogen (secondary N) is 1. The summed E-state index contributed by atoms with van der Waals surface area (Å²) >= 11 is 0. The van der Waals surface area contributed by atoms with E-state index in [1.165, 1.54) is 11.1 Å². The molecule has 0 spiro atoms. The van der Waals surface area contributed by atoms with Gasteiger partial charge in [-0.05, 0) is 5.21 Å². The summed E-state index contributed by atoms with van der Waals surface area (Å²) in [5.74, 6) is 5.40. The highest BCUT2D eigenvalue weighted by Gasteiger charge is 2.07. The number of hydrogen-bond acceptors (Lipinski definition) is 7. The van der Waals surface area contributed by atoms with Crippen molar-refractivity contribution < 1.29 is 0 Å². The van der Waals surface area contributed by atoms with Gasteiger partial charge in [-0.25, -0.2) is 21.3 Å². The zero-order valence-electron chi connectivity index (χ0n) is 5.97. The van der Waals surface area contributed by atoms with Crippen LogP contribution < -0.4 is 17.1 Å². The van der Waals surface area contributed by atoms with Crippen LogP contribution in [-0.4, -0.2) is 25.1 Å². The third-order valence-electron chi connectivity index (χ3n) is 1.39. The van der Waals surface area contributed by atoms with Gasteiger partial charge in [0.05, 0.1) is 0 Å². The first-order valence-electron chi connectivity index (χ1n) is 3.11. The molecule has 5 N–H and O–H groups in total. The van der Waals surface area contributed by atoms with E-state index in [1.807, 2.05) is 0 Å². The van der Waals surface area contributed by atoms with Gasteiger partial charge >= 0.3 is 0 Å². The standard InChI is InChI=1S/C4H6N8/c5-3-2-4(8-1-7-3)12(10-6)11-9-2/h1,10H,6H2,(H2,5,7,8). The molecule has 0 fully saturated rings. The van der Waals surface area contributed by atoms with Crippen LogP contribution in [0, 0.1) is 0 Å². The van der Waals surface area contributed by atoms with Gasteiger partial charge in [-0.15, -0.1) is 9.89 Å². The summed E-state index contributed by atoms with van der Waals surface area (Å²) in [6.45, 7) is 0. The first kappa shape index (κ1) is 6.73. The number of fused-ring (bicyclic) bond motifs is 1. The summed E-state index contributed by atoms with van der Waals surface area (Å²) in [7, 11) is 0. The third-order valence-corrected chi connectivity index (χ3v) is 1.39. The molecule has 2 aromatic heterocycles. The van der Waals surface area contributed by atoms with E-state index in [9.17, 15) is 0 Å². The van der Waals surface area contributed by atoms with Crippen molar-refractivity contribution in [2.45, 2.75) is 0 Å². The normalized spacial score (nSPS) is 10.4. The Labute approximate surface area is 66.5 Å².